The maximum Gasteiger partial charge on any atom is 0.0273 e. The molecule has 0 saturated carbocycles. The summed E-state index contributed by atoms with van der Waals surface area (Å²) in [5.41, 5.74) is 9.06. The molecule has 0 aromatic rings. The first-order chi connectivity index (χ1) is 5.86. The zero-order valence-corrected chi connectivity index (χ0v) is 6.70. The van der Waals surface area contributed by atoms with Crippen molar-refractivity contribution < 1.29 is 0 Å². The van der Waals surface area contributed by atoms with Crippen molar-refractivity contribution in [2.24, 2.45) is 10.7 Å². The summed E-state index contributed by atoms with van der Waals surface area (Å²) in [5, 5.41) is 0. The Labute approximate surface area is 71.5 Å². The Bertz CT molecular complexity index is 341. The van der Waals surface area contributed by atoms with Crippen LogP contribution >= 0.6 is 0 Å². The lowest BCUT2D eigenvalue weighted by molar-refractivity contribution is 1.08. The molecule has 0 unspecified atom stereocenters. The number of rotatable bonds is 0. The largest absolute Gasteiger partial charge is 0.402 e. The molecular weight excluding hydrogens is 148 g/mol. The summed E-state index contributed by atoms with van der Waals surface area (Å²) < 4.78 is 0. The van der Waals surface area contributed by atoms with Gasteiger partial charge in [0.2, 0.25) is 0 Å². The molecule has 2 heteroatoms. The molecule has 0 aromatic heterocycles. The number of nitrogens with zero attached hydrogens (tertiary/aromatic N) is 1. The first-order valence-corrected chi connectivity index (χ1v) is 3.92. The molecule has 2 nitrogen and oxygen atoms in total. The predicted octanol–water partition coefficient (Wildman–Crippen LogP) is 1.68. The molecule has 2 N–H and O–H groups in total. The van der Waals surface area contributed by atoms with Gasteiger partial charge in [-0.1, -0.05) is 6.08 Å². The van der Waals surface area contributed by atoms with Crippen LogP contribution in [-0.4, -0.2) is 6.21 Å². The van der Waals surface area contributed by atoms with Gasteiger partial charge in [-0.3, -0.25) is 4.99 Å². The van der Waals surface area contributed by atoms with E-state index in [9.17, 15) is 0 Å². The van der Waals surface area contributed by atoms with Gasteiger partial charge in [0.05, 0.1) is 0 Å². The average Bonchev–Trinajstić information content (AvgIpc) is 2.28. The average molecular weight is 158 g/mol. The first-order valence-electron chi connectivity index (χ1n) is 3.92. The Morgan fingerprint density at radius 3 is 3.08 bits per heavy atom. The van der Waals surface area contributed by atoms with Gasteiger partial charge in [0, 0.05) is 24.5 Å². The summed E-state index contributed by atoms with van der Waals surface area (Å²) in [6.07, 6.45) is 12.4. The van der Waals surface area contributed by atoms with Gasteiger partial charge >= 0.3 is 0 Å². The maximum atomic E-state index is 5.70. The second-order valence-electron chi connectivity index (χ2n) is 2.85. The molecule has 60 valence electrons. The molecule has 0 bridgehead atoms. The molecule has 1 heterocycles. The van der Waals surface area contributed by atoms with Gasteiger partial charge in [-0.05, 0) is 29.4 Å². The third-order valence-electron chi connectivity index (χ3n) is 1.94. The van der Waals surface area contributed by atoms with Crippen LogP contribution in [0.5, 0.6) is 0 Å². The van der Waals surface area contributed by atoms with E-state index in [0.29, 0.717) is 0 Å². The smallest absolute Gasteiger partial charge is 0.0273 e. The molecule has 2 aliphatic rings. The summed E-state index contributed by atoms with van der Waals surface area (Å²) >= 11 is 0. The van der Waals surface area contributed by atoms with Crippen molar-refractivity contribution in [2.45, 2.75) is 6.42 Å². The molecule has 0 fully saturated rings. The summed E-state index contributed by atoms with van der Waals surface area (Å²) in [7, 11) is 0. The SMILES string of the molecule is NC1=CC=C2C=CN=CC=C2C1. The topological polar surface area (TPSA) is 38.4 Å². The molecule has 0 aromatic carbocycles. The fourth-order valence-electron chi connectivity index (χ4n) is 1.31. The number of hydrogen-bond acceptors (Lipinski definition) is 2. The van der Waals surface area contributed by atoms with Crippen molar-refractivity contribution >= 4 is 6.21 Å². The monoisotopic (exact) mass is 158 g/mol. The molecule has 0 amide bonds. The van der Waals surface area contributed by atoms with Gasteiger partial charge in [0.25, 0.3) is 0 Å². The van der Waals surface area contributed by atoms with E-state index in [2.05, 4.69) is 4.99 Å². The molecule has 0 radical (unpaired) electrons. The highest BCUT2D eigenvalue weighted by atomic mass is 14.7. The molecule has 1 aliphatic heterocycles. The van der Waals surface area contributed by atoms with Crippen molar-refractivity contribution in [1.29, 1.82) is 0 Å². The van der Waals surface area contributed by atoms with Gasteiger partial charge in [0.1, 0.15) is 0 Å². The quantitative estimate of drug-likeness (QED) is 0.572. The third-order valence-corrected chi connectivity index (χ3v) is 1.94. The molecule has 2 rings (SSSR count). The standard InChI is InChI=1S/C10H10N2/c11-10-2-1-8-3-5-12-6-4-9(8)7-10/h1-6H,7,11H2. The summed E-state index contributed by atoms with van der Waals surface area (Å²) in [5.74, 6) is 0. The van der Waals surface area contributed by atoms with Crippen LogP contribution in [0.4, 0.5) is 0 Å². The lowest BCUT2D eigenvalue weighted by Crippen LogP contribution is -2.03. The van der Waals surface area contributed by atoms with Gasteiger partial charge in [-0.2, -0.15) is 0 Å². The molecular formula is C10H10N2. The van der Waals surface area contributed by atoms with Crippen LogP contribution in [0.25, 0.3) is 0 Å². The number of aliphatic imine (C=N–C) groups is 1. The van der Waals surface area contributed by atoms with Crippen LogP contribution in [0.3, 0.4) is 0 Å². The van der Waals surface area contributed by atoms with Crippen molar-refractivity contribution in [2.75, 3.05) is 0 Å². The van der Waals surface area contributed by atoms with E-state index in [0.717, 1.165) is 12.1 Å². The van der Waals surface area contributed by atoms with E-state index in [1.165, 1.54) is 11.1 Å². The van der Waals surface area contributed by atoms with Crippen molar-refractivity contribution in [3.8, 4) is 0 Å². The highest BCUT2D eigenvalue weighted by Crippen LogP contribution is 2.23. The molecule has 12 heavy (non-hydrogen) atoms. The minimum absolute atomic E-state index is 0.836. The zero-order valence-electron chi connectivity index (χ0n) is 6.70. The van der Waals surface area contributed by atoms with Crippen LogP contribution in [0.15, 0.2) is 52.3 Å². The Balaban J connectivity index is 2.43. The summed E-state index contributed by atoms with van der Waals surface area (Å²) in [6.45, 7) is 0. The second kappa shape index (κ2) is 2.81. The second-order valence-corrected chi connectivity index (χ2v) is 2.85. The van der Waals surface area contributed by atoms with Crippen LogP contribution in [0.2, 0.25) is 0 Å². The Kier molecular flexibility index (Phi) is 1.67. The molecule has 0 atom stereocenters. The number of allylic oxidation sites excluding steroid dienone is 6. The Morgan fingerprint density at radius 1 is 1.25 bits per heavy atom. The van der Waals surface area contributed by atoms with E-state index in [1.807, 2.05) is 24.3 Å². The Hall–Kier alpha value is -1.57. The van der Waals surface area contributed by atoms with Gasteiger partial charge in [-0.15, -0.1) is 0 Å². The van der Waals surface area contributed by atoms with Crippen molar-refractivity contribution in [3.05, 3.63) is 47.3 Å². The lowest BCUT2D eigenvalue weighted by atomic mass is 9.96. The predicted molar refractivity (Wildman–Crippen MR) is 50.7 cm³/mol. The van der Waals surface area contributed by atoms with E-state index < -0.39 is 0 Å². The van der Waals surface area contributed by atoms with Crippen LogP contribution < -0.4 is 5.73 Å². The highest BCUT2D eigenvalue weighted by molar-refractivity contribution is 5.76. The molecule has 1 aliphatic carbocycles. The van der Waals surface area contributed by atoms with Gasteiger partial charge in [0.15, 0.2) is 0 Å². The fraction of sp³-hybridized carbons (Fsp3) is 0.100. The van der Waals surface area contributed by atoms with E-state index in [1.54, 1.807) is 12.4 Å². The Morgan fingerprint density at radius 2 is 2.17 bits per heavy atom. The lowest BCUT2D eigenvalue weighted by Gasteiger charge is -2.11. The van der Waals surface area contributed by atoms with Crippen molar-refractivity contribution in [1.82, 2.24) is 0 Å². The number of fused-ring (bicyclic) bond motifs is 1. The van der Waals surface area contributed by atoms with E-state index in [4.69, 9.17) is 5.73 Å². The first kappa shape index (κ1) is 7.10. The number of hydrogen-bond donors (Lipinski definition) is 1. The molecule has 0 spiro atoms. The van der Waals surface area contributed by atoms with E-state index in [-0.39, 0.29) is 0 Å². The highest BCUT2D eigenvalue weighted by Gasteiger charge is 2.07. The third kappa shape index (κ3) is 1.23. The van der Waals surface area contributed by atoms with Gasteiger partial charge in [-0.25, -0.2) is 0 Å². The van der Waals surface area contributed by atoms with Crippen LogP contribution in [0.1, 0.15) is 6.42 Å². The maximum absolute atomic E-state index is 5.70. The minimum atomic E-state index is 0.836. The molecule has 0 saturated heterocycles. The normalized spacial score (nSPS) is 20.5. The summed E-state index contributed by atoms with van der Waals surface area (Å²) in [6, 6.07) is 0. The van der Waals surface area contributed by atoms with E-state index >= 15 is 0 Å². The number of nitrogens with two attached hydrogens (primary N) is 1. The van der Waals surface area contributed by atoms with Gasteiger partial charge < -0.3 is 5.73 Å². The van der Waals surface area contributed by atoms with Crippen LogP contribution in [-0.2, 0) is 0 Å². The van der Waals surface area contributed by atoms with Crippen molar-refractivity contribution in [3.63, 3.8) is 0 Å². The van der Waals surface area contributed by atoms with Crippen LogP contribution in [0, 0.1) is 0 Å². The fourth-order valence-corrected chi connectivity index (χ4v) is 1.31. The minimum Gasteiger partial charge on any atom is -0.402 e. The summed E-state index contributed by atoms with van der Waals surface area (Å²) in [4.78, 5) is 4.03. The zero-order chi connectivity index (χ0) is 8.39.